The van der Waals surface area contributed by atoms with Crippen LogP contribution in [0.2, 0.25) is 5.02 Å². The molecule has 22 heavy (non-hydrogen) atoms. The minimum atomic E-state index is -4.62. The van der Waals surface area contributed by atoms with Crippen LogP contribution in [0.3, 0.4) is 0 Å². The molecule has 1 N–H and O–H groups in total. The molecule has 0 bridgehead atoms. The van der Waals surface area contributed by atoms with Crippen molar-refractivity contribution in [2.45, 2.75) is 13.1 Å². The number of halogens is 4. The molecule has 0 saturated carbocycles. The van der Waals surface area contributed by atoms with Crippen molar-refractivity contribution in [3.05, 3.63) is 28.8 Å². The Hall–Kier alpha value is -1.48. The molecule has 0 aliphatic carbocycles. The number of nitrogens with one attached hydrogen (secondary N) is 1. The molecule has 0 aromatic heterocycles. The Balaban J connectivity index is 3.22. The Labute approximate surface area is 131 Å². The number of hydrogen-bond donors (Lipinski definition) is 1. The van der Waals surface area contributed by atoms with Gasteiger partial charge in [0.25, 0.3) is 0 Å². The summed E-state index contributed by atoms with van der Waals surface area (Å²) in [5, 5.41) is 2.23. The van der Waals surface area contributed by atoms with Gasteiger partial charge in [-0.3, -0.25) is 9.10 Å². The predicted molar refractivity (Wildman–Crippen MR) is 77.3 cm³/mol. The van der Waals surface area contributed by atoms with Gasteiger partial charge < -0.3 is 5.32 Å². The molecule has 0 saturated heterocycles. The Morgan fingerprint density at radius 2 is 1.95 bits per heavy atom. The molecule has 124 valence electrons. The van der Waals surface area contributed by atoms with E-state index in [0.717, 1.165) is 22.7 Å². The van der Waals surface area contributed by atoms with Crippen LogP contribution >= 0.6 is 11.6 Å². The molecule has 0 radical (unpaired) electrons. The van der Waals surface area contributed by atoms with Gasteiger partial charge in [-0.15, -0.1) is 0 Å². The lowest BCUT2D eigenvalue weighted by molar-refractivity contribution is -0.137. The first-order chi connectivity index (χ1) is 9.93. The lowest BCUT2D eigenvalue weighted by Gasteiger charge is -2.24. The highest BCUT2D eigenvalue weighted by molar-refractivity contribution is 7.92. The van der Waals surface area contributed by atoms with Crippen molar-refractivity contribution in [1.29, 1.82) is 0 Å². The van der Waals surface area contributed by atoms with E-state index in [4.69, 9.17) is 11.6 Å². The lowest BCUT2D eigenvalue weighted by Crippen LogP contribution is -2.37. The lowest BCUT2D eigenvalue weighted by atomic mass is 10.2. The van der Waals surface area contributed by atoms with Gasteiger partial charge in [0.05, 0.1) is 29.1 Å². The highest BCUT2D eigenvalue weighted by atomic mass is 35.5. The average Bonchev–Trinajstić information content (AvgIpc) is 2.32. The maximum atomic E-state index is 12.7. The number of hydrogen-bond acceptors (Lipinski definition) is 3. The second-order valence-corrected chi connectivity index (χ2v) is 6.80. The monoisotopic (exact) mass is 358 g/mol. The molecule has 1 aromatic rings. The number of alkyl halides is 3. The Kier molecular flexibility index (Phi) is 5.69. The molecule has 1 rings (SSSR count). The Bertz CT molecular complexity index is 662. The third-order valence-electron chi connectivity index (χ3n) is 2.63. The van der Waals surface area contributed by atoms with Crippen molar-refractivity contribution in [3.8, 4) is 0 Å². The minimum Gasteiger partial charge on any atom is -0.355 e. The van der Waals surface area contributed by atoms with Crippen molar-refractivity contribution in [1.82, 2.24) is 5.32 Å². The summed E-state index contributed by atoms with van der Waals surface area (Å²) in [6, 6.07) is 2.41. The van der Waals surface area contributed by atoms with Gasteiger partial charge >= 0.3 is 6.18 Å². The van der Waals surface area contributed by atoms with Crippen LogP contribution in [0.15, 0.2) is 18.2 Å². The van der Waals surface area contributed by atoms with Crippen LogP contribution in [0.4, 0.5) is 18.9 Å². The maximum absolute atomic E-state index is 12.7. The van der Waals surface area contributed by atoms with Crippen molar-refractivity contribution >= 4 is 33.2 Å². The highest BCUT2D eigenvalue weighted by Crippen LogP contribution is 2.36. The highest BCUT2D eigenvalue weighted by Gasteiger charge is 2.32. The molecule has 1 amide bonds. The van der Waals surface area contributed by atoms with Gasteiger partial charge in [-0.1, -0.05) is 11.6 Å². The van der Waals surface area contributed by atoms with Crippen molar-refractivity contribution in [2.24, 2.45) is 0 Å². The predicted octanol–water partition coefficient (Wildman–Crippen LogP) is 2.26. The van der Waals surface area contributed by atoms with Gasteiger partial charge in [0.1, 0.15) is 0 Å². The molecule has 0 spiro atoms. The summed E-state index contributed by atoms with van der Waals surface area (Å²) in [6.45, 7) is 0.941. The van der Waals surface area contributed by atoms with Crippen LogP contribution in [0.25, 0.3) is 0 Å². The molecule has 0 unspecified atom stereocenters. The van der Waals surface area contributed by atoms with Gasteiger partial charge in [-0.25, -0.2) is 8.42 Å². The van der Waals surface area contributed by atoms with E-state index in [2.05, 4.69) is 5.32 Å². The molecule has 0 atom stereocenters. The average molecular weight is 359 g/mol. The van der Waals surface area contributed by atoms with Crippen LogP contribution in [0, 0.1) is 0 Å². The van der Waals surface area contributed by atoms with E-state index in [0.29, 0.717) is 6.07 Å². The second kappa shape index (κ2) is 6.74. The van der Waals surface area contributed by atoms with Crippen LogP contribution in [-0.2, 0) is 21.0 Å². The molecule has 0 aliphatic heterocycles. The number of amides is 1. The first kappa shape index (κ1) is 18.6. The van der Waals surface area contributed by atoms with Crippen molar-refractivity contribution in [3.63, 3.8) is 0 Å². The third-order valence-corrected chi connectivity index (χ3v) is 4.13. The van der Waals surface area contributed by atoms with E-state index in [1.807, 2.05) is 0 Å². The summed E-state index contributed by atoms with van der Waals surface area (Å²) in [7, 11) is -3.87. The Morgan fingerprint density at radius 1 is 1.36 bits per heavy atom. The van der Waals surface area contributed by atoms with E-state index in [1.165, 1.54) is 6.92 Å². The number of carbonyl (C=O) groups is 1. The first-order valence-corrected chi connectivity index (χ1v) is 8.24. The topological polar surface area (TPSA) is 66.5 Å². The molecule has 5 nitrogen and oxygen atoms in total. The number of carbonyl (C=O) groups excluding carboxylic acids is 1. The number of anilines is 1. The van der Waals surface area contributed by atoms with Gasteiger partial charge in [-0.05, 0) is 18.2 Å². The summed E-state index contributed by atoms with van der Waals surface area (Å²) in [5.74, 6) is -0.386. The van der Waals surface area contributed by atoms with Crippen molar-refractivity contribution in [2.75, 3.05) is 23.7 Å². The van der Waals surface area contributed by atoms with Crippen LogP contribution in [-0.4, -0.2) is 33.7 Å². The summed E-state index contributed by atoms with van der Waals surface area (Å²) in [6.07, 6.45) is -3.78. The van der Waals surface area contributed by atoms with E-state index in [-0.39, 0.29) is 29.7 Å². The van der Waals surface area contributed by atoms with Gasteiger partial charge in [-0.2, -0.15) is 13.2 Å². The standard InChI is InChI=1S/C12H14ClF3N2O3S/c1-8(19)17-5-6-18(22(2,20)21)11-7-9(12(14,15)16)3-4-10(11)13/h3-4,7H,5-6H2,1-2H3,(H,17,19). The molecular formula is C12H14ClF3N2O3S. The summed E-state index contributed by atoms with van der Waals surface area (Å²) >= 11 is 5.83. The van der Waals surface area contributed by atoms with Crippen LogP contribution < -0.4 is 9.62 Å². The molecule has 10 heteroatoms. The largest absolute Gasteiger partial charge is 0.416 e. The van der Waals surface area contributed by atoms with Crippen LogP contribution in [0.1, 0.15) is 12.5 Å². The molecular weight excluding hydrogens is 345 g/mol. The molecule has 0 fully saturated rings. The molecule has 0 heterocycles. The van der Waals surface area contributed by atoms with E-state index >= 15 is 0 Å². The van der Waals surface area contributed by atoms with E-state index < -0.39 is 21.8 Å². The van der Waals surface area contributed by atoms with E-state index in [1.54, 1.807) is 0 Å². The minimum absolute atomic E-state index is 0.0605. The maximum Gasteiger partial charge on any atom is 0.416 e. The first-order valence-electron chi connectivity index (χ1n) is 6.02. The molecule has 1 aromatic carbocycles. The zero-order valence-corrected chi connectivity index (χ0v) is 13.3. The summed E-state index contributed by atoms with van der Waals surface area (Å²) < 4.78 is 62.6. The summed E-state index contributed by atoms with van der Waals surface area (Å²) in [4.78, 5) is 10.8. The Morgan fingerprint density at radius 3 is 2.41 bits per heavy atom. The number of nitrogens with zero attached hydrogens (tertiary/aromatic N) is 1. The zero-order chi connectivity index (χ0) is 17.1. The number of rotatable bonds is 5. The van der Waals surface area contributed by atoms with Gasteiger partial charge in [0, 0.05) is 13.5 Å². The zero-order valence-electron chi connectivity index (χ0n) is 11.7. The fourth-order valence-electron chi connectivity index (χ4n) is 1.68. The SMILES string of the molecule is CC(=O)NCCN(c1cc(C(F)(F)F)ccc1Cl)S(C)(=O)=O. The van der Waals surface area contributed by atoms with Gasteiger partial charge in [0.2, 0.25) is 15.9 Å². The second-order valence-electron chi connectivity index (χ2n) is 4.48. The smallest absolute Gasteiger partial charge is 0.355 e. The fraction of sp³-hybridized carbons (Fsp3) is 0.417. The number of sulfonamides is 1. The normalized spacial score (nSPS) is 12.1. The molecule has 0 aliphatic rings. The summed E-state index contributed by atoms with van der Waals surface area (Å²) in [5.41, 5.74) is -1.30. The quantitative estimate of drug-likeness (QED) is 0.878. The number of benzene rings is 1. The van der Waals surface area contributed by atoms with Gasteiger partial charge in [0.15, 0.2) is 0 Å². The van der Waals surface area contributed by atoms with E-state index in [9.17, 15) is 26.4 Å². The fourth-order valence-corrected chi connectivity index (χ4v) is 2.88. The van der Waals surface area contributed by atoms with Crippen LogP contribution in [0.5, 0.6) is 0 Å². The third kappa shape index (κ3) is 5.06. The van der Waals surface area contributed by atoms with Crippen molar-refractivity contribution < 1.29 is 26.4 Å².